The van der Waals surface area contributed by atoms with Gasteiger partial charge in [0, 0.05) is 31.0 Å². The van der Waals surface area contributed by atoms with E-state index in [9.17, 15) is 9.59 Å². The van der Waals surface area contributed by atoms with Crippen molar-refractivity contribution in [2.24, 2.45) is 0 Å². The summed E-state index contributed by atoms with van der Waals surface area (Å²) in [7, 11) is 0. The molecule has 1 N–H and O–H groups in total. The third kappa shape index (κ3) is 4.47. The average Bonchev–Trinajstić information content (AvgIpc) is 3.12. The molecule has 154 valence electrons. The number of likely N-dealkylation sites (tertiary alicyclic amines) is 1. The molecule has 0 bridgehead atoms. The summed E-state index contributed by atoms with van der Waals surface area (Å²) in [6.07, 6.45) is 7.89. The molecule has 2 fully saturated rings. The summed E-state index contributed by atoms with van der Waals surface area (Å²) in [4.78, 5) is 27.2. The molecule has 2 heterocycles. The lowest BCUT2D eigenvalue weighted by atomic mass is 9.84. The Morgan fingerprint density at radius 1 is 1.17 bits per heavy atom. The summed E-state index contributed by atoms with van der Waals surface area (Å²) in [5.74, 6) is 0.373. The van der Waals surface area contributed by atoms with Crippen LogP contribution < -0.4 is 5.32 Å². The number of piperidine rings is 1. The Morgan fingerprint density at radius 3 is 2.76 bits per heavy atom. The minimum Gasteiger partial charge on any atom is -0.350 e. The fourth-order valence-corrected chi connectivity index (χ4v) is 5.16. The fraction of sp³-hybridized carbons (Fsp3) is 0.520. The van der Waals surface area contributed by atoms with Crippen molar-refractivity contribution in [3.63, 3.8) is 0 Å². The second-order valence-corrected chi connectivity index (χ2v) is 8.83. The van der Waals surface area contributed by atoms with Crippen molar-refractivity contribution in [1.29, 1.82) is 0 Å². The van der Waals surface area contributed by atoms with Crippen molar-refractivity contribution >= 4 is 22.6 Å². The molecule has 0 saturated carbocycles. The molecule has 2 saturated heterocycles. The number of rotatable bonds is 6. The molecule has 29 heavy (non-hydrogen) atoms. The number of nitrogens with zero attached hydrogens (tertiary/aromatic N) is 1. The Labute approximate surface area is 173 Å². The molecule has 4 rings (SSSR count). The largest absolute Gasteiger partial charge is 0.350 e. The van der Waals surface area contributed by atoms with Gasteiger partial charge in [-0.2, -0.15) is 0 Å². The second kappa shape index (κ2) is 8.56. The third-order valence-electron chi connectivity index (χ3n) is 6.83. The highest BCUT2D eigenvalue weighted by Crippen LogP contribution is 2.31. The Balaban J connectivity index is 1.47. The molecule has 2 amide bonds. The summed E-state index contributed by atoms with van der Waals surface area (Å²) >= 11 is 0. The van der Waals surface area contributed by atoms with Crippen molar-refractivity contribution in [3.05, 3.63) is 48.0 Å². The summed E-state index contributed by atoms with van der Waals surface area (Å²) in [6.45, 7) is 3.07. The summed E-state index contributed by atoms with van der Waals surface area (Å²) in [5.41, 5.74) is 0.926. The van der Waals surface area contributed by atoms with Gasteiger partial charge in [-0.1, -0.05) is 49.4 Å². The molecule has 4 heteroatoms. The van der Waals surface area contributed by atoms with Crippen LogP contribution >= 0.6 is 0 Å². The lowest BCUT2D eigenvalue weighted by Gasteiger charge is -2.36. The van der Waals surface area contributed by atoms with Crippen LogP contribution in [0, 0.1) is 0 Å². The molecule has 0 aliphatic carbocycles. The van der Waals surface area contributed by atoms with Crippen molar-refractivity contribution in [3.8, 4) is 0 Å². The maximum Gasteiger partial charge on any atom is 0.222 e. The summed E-state index contributed by atoms with van der Waals surface area (Å²) < 4.78 is 0. The zero-order valence-electron chi connectivity index (χ0n) is 17.5. The molecular formula is C25H32N2O2. The SMILES string of the molecule is CC[C@H]1CCCCN1C(=O)CC[C@]1(Cc2ccc3ccccc3c2)CCC(=O)N1. The summed E-state index contributed by atoms with van der Waals surface area (Å²) in [6, 6.07) is 15.3. The minimum absolute atomic E-state index is 0.114. The second-order valence-electron chi connectivity index (χ2n) is 8.83. The van der Waals surface area contributed by atoms with Crippen LogP contribution in [0.1, 0.15) is 63.9 Å². The van der Waals surface area contributed by atoms with Crippen LogP contribution in [0.4, 0.5) is 0 Å². The molecule has 2 aliphatic rings. The molecule has 4 nitrogen and oxygen atoms in total. The summed E-state index contributed by atoms with van der Waals surface area (Å²) in [5, 5.41) is 5.69. The van der Waals surface area contributed by atoms with E-state index in [1.54, 1.807) is 0 Å². The van der Waals surface area contributed by atoms with E-state index in [1.807, 2.05) is 0 Å². The number of nitrogens with one attached hydrogen (secondary N) is 1. The quantitative estimate of drug-likeness (QED) is 0.781. The van der Waals surface area contributed by atoms with E-state index in [0.29, 0.717) is 18.9 Å². The number of carbonyl (C=O) groups excluding carboxylic acids is 2. The maximum atomic E-state index is 13.0. The number of hydrogen-bond acceptors (Lipinski definition) is 2. The van der Waals surface area contributed by atoms with E-state index in [-0.39, 0.29) is 17.4 Å². The molecule has 2 atom stereocenters. The van der Waals surface area contributed by atoms with E-state index < -0.39 is 0 Å². The van der Waals surface area contributed by atoms with Crippen molar-refractivity contribution < 1.29 is 9.59 Å². The van der Waals surface area contributed by atoms with Gasteiger partial charge >= 0.3 is 0 Å². The van der Waals surface area contributed by atoms with Gasteiger partial charge in [-0.3, -0.25) is 9.59 Å². The lowest BCUT2D eigenvalue weighted by Crippen LogP contribution is -2.47. The zero-order valence-corrected chi connectivity index (χ0v) is 17.5. The molecule has 2 aromatic rings. The van der Waals surface area contributed by atoms with Gasteiger partial charge in [-0.25, -0.2) is 0 Å². The highest BCUT2D eigenvalue weighted by Gasteiger charge is 2.38. The highest BCUT2D eigenvalue weighted by molar-refractivity contribution is 5.83. The first-order valence-electron chi connectivity index (χ1n) is 11.2. The van der Waals surface area contributed by atoms with Gasteiger partial charge in [-0.15, -0.1) is 0 Å². The van der Waals surface area contributed by atoms with Crippen molar-refractivity contribution in [2.45, 2.75) is 76.3 Å². The lowest BCUT2D eigenvalue weighted by molar-refractivity contribution is -0.135. The highest BCUT2D eigenvalue weighted by atomic mass is 16.2. The van der Waals surface area contributed by atoms with E-state index >= 15 is 0 Å². The van der Waals surface area contributed by atoms with Gasteiger partial charge in [-0.05, 0) is 61.3 Å². The maximum absolute atomic E-state index is 13.0. The molecule has 2 aliphatic heterocycles. The topological polar surface area (TPSA) is 49.4 Å². The van der Waals surface area contributed by atoms with Gasteiger partial charge in [0.05, 0.1) is 0 Å². The Morgan fingerprint density at radius 2 is 2.00 bits per heavy atom. The molecule has 0 unspecified atom stereocenters. The van der Waals surface area contributed by atoms with Crippen LogP contribution in [-0.4, -0.2) is 34.8 Å². The first kappa shape index (κ1) is 19.9. The molecule has 0 spiro atoms. The first-order valence-corrected chi connectivity index (χ1v) is 11.2. The first-order chi connectivity index (χ1) is 14.1. The van der Waals surface area contributed by atoms with E-state index in [1.165, 1.54) is 22.8 Å². The molecule has 2 aromatic carbocycles. The monoisotopic (exact) mass is 392 g/mol. The number of fused-ring (bicyclic) bond motifs is 1. The average molecular weight is 393 g/mol. The van der Waals surface area contributed by atoms with Gasteiger partial charge in [0.15, 0.2) is 0 Å². The Hall–Kier alpha value is -2.36. The zero-order chi connectivity index (χ0) is 20.3. The third-order valence-corrected chi connectivity index (χ3v) is 6.83. The van der Waals surface area contributed by atoms with Gasteiger partial charge in [0.25, 0.3) is 0 Å². The van der Waals surface area contributed by atoms with Crippen LogP contribution in [0.3, 0.4) is 0 Å². The van der Waals surface area contributed by atoms with Crippen LogP contribution in [-0.2, 0) is 16.0 Å². The number of amides is 2. The van der Waals surface area contributed by atoms with E-state index in [4.69, 9.17) is 0 Å². The molecule has 0 radical (unpaired) electrons. The van der Waals surface area contributed by atoms with Crippen molar-refractivity contribution in [2.75, 3.05) is 6.54 Å². The fourth-order valence-electron chi connectivity index (χ4n) is 5.16. The predicted octanol–water partition coefficient (Wildman–Crippen LogP) is 4.60. The number of carbonyl (C=O) groups is 2. The number of benzene rings is 2. The van der Waals surface area contributed by atoms with Crippen LogP contribution in [0.5, 0.6) is 0 Å². The van der Waals surface area contributed by atoms with Gasteiger partial charge < -0.3 is 10.2 Å². The van der Waals surface area contributed by atoms with Crippen LogP contribution in [0.15, 0.2) is 42.5 Å². The van der Waals surface area contributed by atoms with Crippen LogP contribution in [0.25, 0.3) is 10.8 Å². The minimum atomic E-state index is -0.299. The molecule has 0 aromatic heterocycles. The van der Waals surface area contributed by atoms with E-state index in [0.717, 1.165) is 45.1 Å². The van der Waals surface area contributed by atoms with E-state index in [2.05, 4.69) is 59.6 Å². The predicted molar refractivity (Wildman–Crippen MR) is 117 cm³/mol. The van der Waals surface area contributed by atoms with Gasteiger partial charge in [0.2, 0.25) is 11.8 Å². The van der Waals surface area contributed by atoms with Gasteiger partial charge in [0.1, 0.15) is 0 Å². The normalized spacial score (nSPS) is 24.7. The standard InChI is InChI=1S/C25H32N2O2/c1-2-22-9-5-6-16-27(22)24(29)13-15-25(14-12-23(28)26-25)18-19-10-11-20-7-3-4-8-21(20)17-19/h3-4,7-8,10-11,17,22H,2,5-6,9,12-16,18H2,1H3,(H,26,28)/t22-,25-/m0/s1. The van der Waals surface area contributed by atoms with Crippen molar-refractivity contribution in [1.82, 2.24) is 10.2 Å². The Kier molecular flexibility index (Phi) is 5.89. The molecular weight excluding hydrogens is 360 g/mol. The van der Waals surface area contributed by atoms with Crippen LogP contribution in [0.2, 0.25) is 0 Å². The number of hydrogen-bond donors (Lipinski definition) is 1. The Bertz CT molecular complexity index is 893. The smallest absolute Gasteiger partial charge is 0.222 e.